The minimum Gasteiger partial charge on any atom is -0.493 e. The van der Waals surface area contributed by atoms with Crippen molar-refractivity contribution < 1.29 is 23.5 Å². The summed E-state index contributed by atoms with van der Waals surface area (Å²) in [7, 11) is 3.02. The van der Waals surface area contributed by atoms with E-state index in [1.807, 2.05) is 4.90 Å². The maximum atomic E-state index is 13.3. The zero-order valence-corrected chi connectivity index (χ0v) is 17.1. The third kappa shape index (κ3) is 4.04. The largest absolute Gasteiger partial charge is 0.493 e. The van der Waals surface area contributed by atoms with E-state index in [9.17, 15) is 9.59 Å². The number of nitrogens with one attached hydrogen (secondary N) is 2. The molecule has 2 atom stereocenters. The zero-order chi connectivity index (χ0) is 19.7. The number of benzene rings is 1. The molecule has 2 fully saturated rings. The maximum Gasteiger partial charge on any atom is 0.291 e. The van der Waals surface area contributed by atoms with Crippen LogP contribution in [0.1, 0.15) is 20.9 Å². The summed E-state index contributed by atoms with van der Waals surface area (Å²) in [5, 5.41) is 6.13. The van der Waals surface area contributed by atoms with Crippen molar-refractivity contribution in [3.05, 3.63) is 41.9 Å². The molecule has 0 bridgehead atoms. The summed E-state index contributed by atoms with van der Waals surface area (Å²) in [6, 6.07) is 6.41. The van der Waals surface area contributed by atoms with E-state index in [1.165, 1.54) is 20.5 Å². The Kier molecular flexibility index (Phi) is 6.34. The van der Waals surface area contributed by atoms with Crippen molar-refractivity contribution in [2.45, 2.75) is 0 Å². The number of hydrogen-bond donors (Lipinski definition) is 2. The van der Waals surface area contributed by atoms with Gasteiger partial charge in [0.15, 0.2) is 17.3 Å². The second kappa shape index (κ2) is 8.75. The van der Waals surface area contributed by atoms with Crippen LogP contribution >= 0.6 is 12.4 Å². The highest BCUT2D eigenvalue weighted by Crippen LogP contribution is 2.36. The first-order valence-electron chi connectivity index (χ1n) is 9.21. The molecule has 2 saturated heterocycles. The van der Waals surface area contributed by atoms with Crippen LogP contribution in [0.15, 0.2) is 34.9 Å². The standard InChI is InChI=1S/C20H23N3O5.ClH/c1-26-17-6-14(20(25)23-10-12-8-21-9-13(12)11-23)15(7-18(17)27-2)22-19(24)16-4-3-5-28-16;/h3-7,12-13,21H,8-11H2,1-2H3,(H,22,24);1H/t12-,13+;. The van der Waals surface area contributed by atoms with Crippen LogP contribution in [0.5, 0.6) is 11.5 Å². The van der Waals surface area contributed by atoms with Crippen molar-refractivity contribution in [2.75, 3.05) is 45.7 Å². The SMILES string of the molecule is COc1cc(NC(=O)c2ccco2)c(C(=O)N2C[C@H]3CNC[C@H]3C2)cc1OC.Cl. The van der Waals surface area contributed by atoms with Crippen LogP contribution in [0.2, 0.25) is 0 Å². The molecule has 0 aliphatic carbocycles. The van der Waals surface area contributed by atoms with E-state index in [4.69, 9.17) is 13.9 Å². The second-order valence-electron chi connectivity index (χ2n) is 7.07. The number of carbonyl (C=O) groups is 2. The monoisotopic (exact) mass is 421 g/mol. The minimum atomic E-state index is -0.436. The van der Waals surface area contributed by atoms with E-state index in [1.54, 1.807) is 24.3 Å². The first-order chi connectivity index (χ1) is 13.6. The van der Waals surface area contributed by atoms with Gasteiger partial charge in [0.05, 0.1) is 31.7 Å². The highest BCUT2D eigenvalue weighted by Gasteiger charge is 2.39. The number of nitrogens with zero attached hydrogens (tertiary/aromatic N) is 1. The Bertz CT molecular complexity index is 874. The molecule has 8 nitrogen and oxygen atoms in total. The lowest BCUT2D eigenvalue weighted by atomic mass is 10.0. The number of amides is 2. The van der Waals surface area contributed by atoms with Gasteiger partial charge in [-0.05, 0) is 30.0 Å². The maximum absolute atomic E-state index is 13.3. The molecule has 9 heteroatoms. The average molecular weight is 422 g/mol. The normalized spacial score (nSPS) is 20.0. The Balaban J connectivity index is 0.00000240. The lowest BCUT2D eigenvalue weighted by Crippen LogP contribution is -2.32. The van der Waals surface area contributed by atoms with Crippen LogP contribution in [0, 0.1) is 11.8 Å². The topological polar surface area (TPSA) is 93.0 Å². The number of rotatable bonds is 5. The number of likely N-dealkylation sites (tertiary alicyclic amines) is 1. The summed E-state index contributed by atoms with van der Waals surface area (Å²) in [6.45, 7) is 3.28. The summed E-state index contributed by atoms with van der Waals surface area (Å²) < 4.78 is 15.8. The molecule has 1 aromatic carbocycles. The van der Waals surface area contributed by atoms with Gasteiger partial charge in [-0.2, -0.15) is 0 Å². The Morgan fingerprint density at radius 2 is 1.79 bits per heavy atom. The lowest BCUT2D eigenvalue weighted by Gasteiger charge is -2.21. The smallest absolute Gasteiger partial charge is 0.291 e. The molecular weight excluding hydrogens is 398 g/mol. The molecule has 0 spiro atoms. The van der Waals surface area contributed by atoms with Crippen LogP contribution in [0.3, 0.4) is 0 Å². The Morgan fingerprint density at radius 3 is 2.38 bits per heavy atom. The number of fused-ring (bicyclic) bond motifs is 1. The van der Waals surface area contributed by atoms with Crippen LogP contribution in [0.4, 0.5) is 5.69 Å². The van der Waals surface area contributed by atoms with Crippen LogP contribution in [-0.4, -0.2) is 57.1 Å². The molecule has 156 valence electrons. The summed E-state index contributed by atoms with van der Waals surface area (Å²) in [5.41, 5.74) is 0.727. The number of hydrogen-bond acceptors (Lipinski definition) is 6. The van der Waals surface area contributed by atoms with E-state index in [2.05, 4.69) is 10.6 Å². The molecule has 2 aromatic rings. The molecule has 2 amide bonds. The number of furan rings is 1. The highest BCUT2D eigenvalue weighted by atomic mass is 35.5. The molecule has 0 radical (unpaired) electrons. The van der Waals surface area contributed by atoms with Gasteiger partial charge in [-0.25, -0.2) is 0 Å². The molecule has 1 aromatic heterocycles. The van der Waals surface area contributed by atoms with Gasteiger partial charge >= 0.3 is 0 Å². The third-order valence-corrected chi connectivity index (χ3v) is 5.42. The number of carbonyl (C=O) groups excluding carboxylic acids is 2. The number of halogens is 1. The second-order valence-corrected chi connectivity index (χ2v) is 7.07. The van der Waals surface area contributed by atoms with E-state index < -0.39 is 5.91 Å². The number of ether oxygens (including phenoxy) is 2. The molecule has 3 heterocycles. The van der Waals surface area contributed by atoms with E-state index in [0.29, 0.717) is 47.7 Å². The van der Waals surface area contributed by atoms with Gasteiger partial charge in [-0.3, -0.25) is 9.59 Å². The van der Waals surface area contributed by atoms with Gasteiger partial charge in [0.25, 0.3) is 11.8 Å². The van der Waals surface area contributed by atoms with Crippen molar-refractivity contribution in [2.24, 2.45) is 11.8 Å². The number of anilines is 1. The fourth-order valence-electron chi connectivity index (χ4n) is 3.94. The molecule has 29 heavy (non-hydrogen) atoms. The van der Waals surface area contributed by atoms with Gasteiger partial charge in [0, 0.05) is 32.2 Å². The fourth-order valence-corrected chi connectivity index (χ4v) is 3.94. The average Bonchev–Trinajstić information content (AvgIpc) is 3.43. The van der Waals surface area contributed by atoms with Gasteiger partial charge in [-0.1, -0.05) is 0 Å². The first-order valence-corrected chi connectivity index (χ1v) is 9.21. The lowest BCUT2D eigenvalue weighted by molar-refractivity contribution is 0.0782. The van der Waals surface area contributed by atoms with E-state index in [0.717, 1.165) is 13.1 Å². The van der Waals surface area contributed by atoms with E-state index >= 15 is 0 Å². The van der Waals surface area contributed by atoms with Crippen LogP contribution < -0.4 is 20.1 Å². The predicted octanol–water partition coefficient (Wildman–Crippen LogP) is 2.26. The molecular formula is C20H24ClN3O5. The van der Waals surface area contributed by atoms with Crippen molar-refractivity contribution in [1.82, 2.24) is 10.2 Å². The molecule has 2 aliphatic heterocycles. The van der Waals surface area contributed by atoms with Crippen molar-refractivity contribution in [3.63, 3.8) is 0 Å². The van der Waals surface area contributed by atoms with Crippen molar-refractivity contribution in [3.8, 4) is 11.5 Å². The fraction of sp³-hybridized carbons (Fsp3) is 0.400. The predicted molar refractivity (Wildman–Crippen MR) is 109 cm³/mol. The molecule has 0 saturated carbocycles. The summed E-state index contributed by atoms with van der Waals surface area (Å²) in [5.74, 6) is 1.41. The zero-order valence-electron chi connectivity index (χ0n) is 16.3. The molecule has 4 rings (SSSR count). The summed E-state index contributed by atoms with van der Waals surface area (Å²) in [6.07, 6.45) is 1.42. The minimum absolute atomic E-state index is 0. The summed E-state index contributed by atoms with van der Waals surface area (Å²) in [4.78, 5) is 27.6. The van der Waals surface area contributed by atoms with Crippen LogP contribution in [-0.2, 0) is 0 Å². The number of methoxy groups -OCH3 is 2. The van der Waals surface area contributed by atoms with Gasteiger partial charge in [0.1, 0.15) is 0 Å². The quantitative estimate of drug-likeness (QED) is 0.769. The van der Waals surface area contributed by atoms with Crippen LogP contribution in [0.25, 0.3) is 0 Å². The van der Waals surface area contributed by atoms with Crippen molar-refractivity contribution in [1.29, 1.82) is 0 Å². The highest BCUT2D eigenvalue weighted by molar-refractivity contribution is 6.08. The van der Waals surface area contributed by atoms with Gasteiger partial charge in [0.2, 0.25) is 0 Å². The van der Waals surface area contributed by atoms with E-state index in [-0.39, 0.29) is 24.1 Å². The summed E-state index contributed by atoms with van der Waals surface area (Å²) >= 11 is 0. The Labute approximate surface area is 174 Å². The molecule has 2 N–H and O–H groups in total. The molecule has 2 aliphatic rings. The molecule has 0 unspecified atom stereocenters. The third-order valence-electron chi connectivity index (χ3n) is 5.42. The first kappa shape index (κ1) is 21.0. The van der Waals surface area contributed by atoms with Crippen molar-refractivity contribution >= 4 is 29.9 Å². The Morgan fingerprint density at radius 1 is 1.14 bits per heavy atom. The Hall–Kier alpha value is -2.71. The van der Waals surface area contributed by atoms with Gasteiger partial charge < -0.3 is 29.4 Å². The van der Waals surface area contributed by atoms with Gasteiger partial charge in [-0.15, -0.1) is 12.4 Å².